The Bertz CT molecular complexity index is 556. The molecule has 2 aromatic rings. The van der Waals surface area contributed by atoms with Gasteiger partial charge in [-0.2, -0.15) is 10.1 Å². The van der Waals surface area contributed by atoms with Gasteiger partial charge < -0.3 is 10.6 Å². The highest BCUT2D eigenvalue weighted by atomic mass is 35.5. The topological polar surface area (TPSA) is 62.7 Å². The lowest BCUT2D eigenvalue weighted by Crippen LogP contribution is -2.06. The summed E-state index contributed by atoms with van der Waals surface area (Å²) >= 11 is 11.9. The Hall–Kier alpha value is -1.59. The minimum Gasteiger partial charge on any atom is -0.369 e. The largest absolute Gasteiger partial charge is 0.369 e. The molecule has 0 unspecified atom stereocenters. The Balaban J connectivity index is 2.07. The maximum atomic E-state index is 5.94. The highest BCUT2D eigenvalue weighted by molar-refractivity contribution is 6.35. The average molecular weight is 312 g/mol. The highest BCUT2D eigenvalue weighted by Gasteiger charge is 2.03. The van der Waals surface area contributed by atoms with Gasteiger partial charge in [0.25, 0.3) is 0 Å². The molecule has 0 radical (unpaired) electrons. The van der Waals surface area contributed by atoms with Gasteiger partial charge in [-0.3, -0.25) is 0 Å². The van der Waals surface area contributed by atoms with Gasteiger partial charge in [0.05, 0.1) is 6.20 Å². The molecule has 0 aliphatic rings. The Morgan fingerprint density at radius 2 is 1.90 bits per heavy atom. The number of hydrogen-bond acceptors (Lipinski definition) is 5. The van der Waals surface area contributed by atoms with Gasteiger partial charge in [0.2, 0.25) is 5.95 Å². The first-order chi connectivity index (χ1) is 9.67. The average Bonchev–Trinajstić information content (AvgIpc) is 2.38. The number of unbranched alkanes of at least 4 members (excludes halogenated alkanes) is 1. The zero-order valence-corrected chi connectivity index (χ0v) is 12.5. The van der Waals surface area contributed by atoms with Gasteiger partial charge >= 0.3 is 0 Å². The fourth-order valence-electron chi connectivity index (χ4n) is 1.59. The van der Waals surface area contributed by atoms with Gasteiger partial charge in [0.1, 0.15) is 0 Å². The Morgan fingerprint density at radius 1 is 1.15 bits per heavy atom. The van der Waals surface area contributed by atoms with E-state index in [4.69, 9.17) is 23.2 Å². The van der Waals surface area contributed by atoms with Crippen LogP contribution in [0.15, 0.2) is 24.4 Å². The molecule has 20 heavy (non-hydrogen) atoms. The van der Waals surface area contributed by atoms with Crippen LogP contribution >= 0.6 is 23.2 Å². The SMILES string of the molecule is CCCCNc1cnnc(Nc2cc(Cl)cc(Cl)c2)n1. The van der Waals surface area contributed by atoms with E-state index in [9.17, 15) is 0 Å². The molecule has 0 atom stereocenters. The molecule has 0 aliphatic heterocycles. The summed E-state index contributed by atoms with van der Waals surface area (Å²) in [4.78, 5) is 4.32. The van der Waals surface area contributed by atoms with Crippen molar-refractivity contribution in [3.8, 4) is 0 Å². The molecule has 1 aromatic heterocycles. The molecule has 0 fully saturated rings. The van der Waals surface area contributed by atoms with Crippen molar-refractivity contribution >= 4 is 40.7 Å². The maximum absolute atomic E-state index is 5.94. The van der Waals surface area contributed by atoms with Crippen LogP contribution in [0.5, 0.6) is 0 Å². The Kier molecular flexibility index (Phi) is 5.38. The van der Waals surface area contributed by atoms with E-state index in [2.05, 4.69) is 32.7 Å². The number of aromatic nitrogens is 3. The molecule has 7 heteroatoms. The molecule has 0 spiro atoms. The Labute approximate surface area is 127 Å². The third-order valence-corrected chi connectivity index (χ3v) is 2.95. The molecule has 2 rings (SSSR count). The second kappa shape index (κ2) is 7.26. The lowest BCUT2D eigenvalue weighted by Gasteiger charge is -2.07. The van der Waals surface area contributed by atoms with Crippen LogP contribution in [0, 0.1) is 0 Å². The van der Waals surface area contributed by atoms with Crippen LogP contribution in [0.2, 0.25) is 10.0 Å². The summed E-state index contributed by atoms with van der Waals surface area (Å²) in [5.41, 5.74) is 0.718. The summed E-state index contributed by atoms with van der Waals surface area (Å²) in [6.07, 6.45) is 3.79. The third kappa shape index (κ3) is 4.51. The minimum absolute atomic E-state index is 0.393. The van der Waals surface area contributed by atoms with Gasteiger partial charge in [-0.05, 0) is 24.6 Å². The van der Waals surface area contributed by atoms with Crippen LogP contribution in [0.3, 0.4) is 0 Å². The van der Waals surface area contributed by atoms with Crippen molar-refractivity contribution in [2.75, 3.05) is 17.2 Å². The van der Waals surface area contributed by atoms with Gasteiger partial charge in [0, 0.05) is 22.3 Å². The third-order valence-electron chi connectivity index (χ3n) is 2.51. The van der Waals surface area contributed by atoms with Gasteiger partial charge in [0.15, 0.2) is 5.82 Å². The normalized spacial score (nSPS) is 10.3. The number of benzene rings is 1. The van der Waals surface area contributed by atoms with Gasteiger partial charge in [-0.15, -0.1) is 5.10 Å². The zero-order chi connectivity index (χ0) is 14.4. The monoisotopic (exact) mass is 311 g/mol. The molecule has 106 valence electrons. The van der Waals surface area contributed by atoms with E-state index < -0.39 is 0 Å². The van der Waals surface area contributed by atoms with Crippen molar-refractivity contribution in [1.29, 1.82) is 0 Å². The van der Waals surface area contributed by atoms with Crippen LogP contribution in [-0.4, -0.2) is 21.7 Å². The lowest BCUT2D eigenvalue weighted by atomic mass is 10.3. The molecule has 0 saturated carbocycles. The van der Waals surface area contributed by atoms with Crippen LogP contribution in [0.25, 0.3) is 0 Å². The summed E-state index contributed by atoms with van der Waals surface area (Å²) in [5.74, 6) is 1.08. The molecule has 5 nitrogen and oxygen atoms in total. The summed E-state index contributed by atoms with van der Waals surface area (Å²) in [6, 6.07) is 5.15. The fourth-order valence-corrected chi connectivity index (χ4v) is 2.12. The van der Waals surface area contributed by atoms with Crippen molar-refractivity contribution in [2.24, 2.45) is 0 Å². The van der Waals surface area contributed by atoms with Crippen molar-refractivity contribution in [3.05, 3.63) is 34.4 Å². The first-order valence-electron chi connectivity index (χ1n) is 6.34. The number of rotatable bonds is 6. The first kappa shape index (κ1) is 14.8. The van der Waals surface area contributed by atoms with Crippen molar-refractivity contribution in [2.45, 2.75) is 19.8 Å². The zero-order valence-electron chi connectivity index (χ0n) is 11.0. The number of anilines is 3. The number of halogens is 2. The number of hydrogen-bond donors (Lipinski definition) is 2. The predicted octanol–water partition coefficient (Wildman–Crippen LogP) is 4.13. The molecule has 0 amide bonds. The molecular weight excluding hydrogens is 297 g/mol. The molecular formula is C13H15Cl2N5. The lowest BCUT2D eigenvalue weighted by molar-refractivity contribution is 0.827. The van der Waals surface area contributed by atoms with E-state index >= 15 is 0 Å². The van der Waals surface area contributed by atoms with E-state index in [-0.39, 0.29) is 0 Å². The van der Waals surface area contributed by atoms with E-state index in [1.807, 2.05) is 0 Å². The molecule has 0 bridgehead atoms. The van der Waals surface area contributed by atoms with Crippen molar-refractivity contribution < 1.29 is 0 Å². The van der Waals surface area contributed by atoms with E-state index in [0.717, 1.165) is 25.1 Å². The summed E-state index contributed by atoms with van der Waals surface area (Å²) < 4.78 is 0. The first-order valence-corrected chi connectivity index (χ1v) is 7.09. The van der Waals surface area contributed by atoms with Crippen LogP contribution in [0.1, 0.15) is 19.8 Å². The molecule has 0 saturated heterocycles. The Morgan fingerprint density at radius 3 is 2.60 bits per heavy atom. The number of nitrogens with zero attached hydrogens (tertiary/aromatic N) is 3. The fraction of sp³-hybridized carbons (Fsp3) is 0.308. The summed E-state index contributed by atoms with van der Waals surface area (Å²) in [6.45, 7) is 2.99. The second-order valence-electron chi connectivity index (χ2n) is 4.23. The quantitative estimate of drug-likeness (QED) is 0.785. The predicted molar refractivity (Wildman–Crippen MR) is 83.0 cm³/mol. The summed E-state index contributed by atoms with van der Waals surface area (Å²) in [7, 11) is 0. The van der Waals surface area contributed by atoms with Gasteiger partial charge in [-0.25, -0.2) is 0 Å². The van der Waals surface area contributed by atoms with Gasteiger partial charge in [-0.1, -0.05) is 36.5 Å². The second-order valence-corrected chi connectivity index (χ2v) is 5.10. The number of nitrogens with one attached hydrogen (secondary N) is 2. The van der Waals surface area contributed by atoms with Crippen molar-refractivity contribution in [1.82, 2.24) is 15.2 Å². The van der Waals surface area contributed by atoms with Crippen molar-refractivity contribution in [3.63, 3.8) is 0 Å². The minimum atomic E-state index is 0.393. The maximum Gasteiger partial charge on any atom is 0.249 e. The molecule has 0 aliphatic carbocycles. The molecule has 1 aromatic carbocycles. The molecule has 1 heterocycles. The van der Waals surface area contributed by atoms with E-state index in [1.54, 1.807) is 24.4 Å². The smallest absolute Gasteiger partial charge is 0.249 e. The molecule has 2 N–H and O–H groups in total. The summed E-state index contributed by atoms with van der Waals surface area (Å²) in [5, 5.41) is 15.1. The van der Waals surface area contributed by atoms with E-state index in [0.29, 0.717) is 21.8 Å². The van der Waals surface area contributed by atoms with E-state index in [1.165, 1.54) is 0 Å². The van der Waals surface area contributed by atoms with Crippen LogP contribution < -0.4 is 10.6 Å². The van der Waals surface area contributed by atoms with Crippen LogP contribution in [-0.2, 0) is 0 Å². The van der Waals surface area contributed by atoms with Crippen LogP contribution in [0.4, 0.5) is 17.5 Å². The highest BCUT2D eigenvalue weighted by Crippen LogP contribution is 2.24. The standard InChI is InChI=1S/C13H15Cl2N5/c1-2-3-4-16-12-8-17-20-13(19-12)18-11-6-9(14)5-10(15)7-11/h5-8H,2-4H2,1H3,(H2,16,18,19,20).